The maximum absolute atomic E-state index is 14.3. The lowest BCUT2D eigenvalue weighted by Gasteiger charge is -2.37. The van der Waals surface area contributed by atoms with Crippen LogP contribution in [-0.2, 0) is 0 Å². The van der Waals surface area contributed by atoms with E-state index >= 15 is 0 Å². The second-order valence-corrected chi connectivity index (χ2v) is 6.62. The van der Waals surface area contributed by atoms with Crippen molar-refractivity contribution >= 4 is 17.4 Å². The Balaban J connectivity index is 2.29. The van der Waals surface area contributed by atoms with Gasteiger partial charge in [0.15, 0.2) is 0 Å². The van der Waals surface area contributed by atoms with Crippen LogP contribution in [0.25, 0.3) is 0 Å². The van der Waals surface area contributed by atoms with Gasteiger partial charge in [0.1, 0.15) is 5.82 Å². The number of nitrogens with zero attached hydrogens (tertiary/aromatic N) is 1. The number of hydrogen-bond donors (Lipinski definition) is 1. The van der Waals surface area contributed by atoms with Crippen LogP contribution in [0.1, 0.15) is 38.8 Å². The topological polar surface area (TPSA) is 15.3 Å². The standard InChI is InChI=1S/C16H25FN2S/c1-4-8-18-13(3)16-14(17)6-5-7-15(16)19-9-10-20-11-12(19)2/h5-7,12-13,18H,4,8-11H2,1-3H3. The van der Waals surface area contributed by atoms with E-state index in [1.54, 1.807) is 6.07 Å². The van der Waals surface area contributed by atoms with Crippen LogP contribution in [0, 0.1) is 5.82 Å². The number of hydrogen-bond acceptors (Lipinski definition) is 3. The fourth-order valence-electron chi connectivity index (χ4n) is 2.75. The molecule has 0 amide bonds. The van der Waals surface area contributed by atoms with Gasteiger partial charge in [-0.1, -0.05) is 13.0 Å². The molecule has 0 radical (unpaired) electrons. The Morgan fingerprint density at radius 3 is 3.00 bits per heavy atom. The Morgan fingerprint density at radius 1 is 1.50 bits per heavy atom. The first-order valence-electron chi connectivity index (χ1n) is 7.51. The Morgan fingerprint density at radius 2 is 2.30 bits per heavy atom. The van der Waals surface area contributed by atoms with Crippen LogP contribution < -0.4 is 10.2 Å². The maximum atomic E-state index is 14.3. The second kappa shape index (κ2) is 7.32. The highest BCUT2D eigenvalue weighted by Gasteiger charge is 2.24. The lowest BCUT2D eigenvalue weighted by Crippen LogP contribution is -2.41. The maximum Gasteiger partial charge on any atom is 0.130 e. The van der Waals surface area contributed by atoms with E-state index < -0.39 is 0 Å². The fraction of sp³-hybridized carbons (Fsp3) is 0.625. The molecule has 1 aliphatic rings. The zero-order chi connectivity index (χ0) is 14.5. The Labute approximate surface area is 126 Å². The molecule has 1 N–H and O–H groups in total. The molecule has 2 rings (SSSR count). The summed E-state index contributed by atoms with van der Waals surface area (Å²) in [6, 6.07) is 5.98. The third kappa shape index (κ3) is 3.47. The number of anilines is 1. The molecular weight excluding hydrogens is 271 g/mol. The minimum atomic E-state index is -0.0935. The molecule has 2 unspecified atom stereocenters. The summed E-state index contributed by atoms with van der Waals surface area (Å²) in [5.41, 5.74) is 1.88. The van der Waals surface area contributed by atoms with Crippen LogP contribution in [0.4, 0.5) is 10.1 Å². The van der Waals surface area contributed by atoms with Crippen molar-refractivity contribution in [2.45, 2.75) is 39.3 Å². The molecule has 0 aliphatic carbocycles. The van der Waals surface area contributed by atoms with Crippen molar-refractivity contribution in [3.8, 4) is 0 Å². The number of nitrogens with one attached hydrogen (secondary N) is 1. The van der Waals surface area contributed by atoms with Gasteiger partial charge in [0.25, 0.3) is 0 Å². The van der Waals surface area contributed by atoms with Gasteiger partial charge in [0.05, 0.1) is 0 Å². The molecule has 1 aromatic rings. The number of rotatable bonds is 5. The van der Waals surface area contributed by atoms with E-state index in [4.69, 9.17) is 0 Å². The monoisotopic (exact) mass is 296 g/mol. The molecule has 1 heterocycles. The summed E-state index contributed by atoms with van der Waals surface area (Å²) >= 11 is 1.98. The first-order chi connectivity index (χ1) is 9.65. The van der Waals surface area contributed by atoms with Crippen molar-refractivity contribution < 1.29 is 4.39 Å². The molecular formula is C16H25FN2S. The van der Waals surface area contributed by atoms with Gasteiger partial charge in [-0.3, -0.25) is 0 Å². The van der Waals surface area contributed by atoms with Gasteiger partial charge < -0.3 is 10.2 Å². The predicted molar refractivity (Wildman–Crippen MR) is 87.2 cm³/mol. The summed E-state index contributed by atoms with van der Waals surface area (Å²) in [5, 5.41) is 3.41. The second-order valence-electron chi connectivity index (χ2n) is 5.47. The minimum Gasteiger partial charge on any atom is -0.367 e. The first-order valence-corrected chi connectivity index (χ1v) is 8.66. The van der Waals surface area contributed by atoms with Crippen molar-refractivity contribution in [2.24, 2.45) is 0 Å². The average molecular weight is 296 g/mol. The van der Waals surface area contributed by atoms with Gasteiger partial charge in [-0.25, -0.2) is 4.39 Å². The fourth-order valence-corrected chi connectivity index (χ4v) is 3.77. The van der Waals surface area contributed by atoms with Gasteiger partial charge in [-0.05, 0) is 38.9 Å². The summed E-state index contributed by atoms with van der Waals surface area (Å²) in [4.78, 5) is 2.36. The first kappa shape index (κ1) is 15.6. The zero-order valence-corrected chi connectivity index (χ0v) is 13.5. The van der Waals surface area contributed by atoms with E-state index in [0.717, 1.165) is 42.3 Å². The lowest BCUT2D eigenvalue weighted by atomic mass is 10.0. The molecule has 1 aliphatic heterocycles. The number of thioether (sulfide) groups is 1. The molecule has 20 heavy (non-hydrogen) atoms. The van der Waals surface area contributed by atoms with Crippen LogP contribution >= 0.6 is 11.8 Å². The minimum absolute atomic E-state index is 0.0490. The number of benzene rings is 1. The summed E-state index contributed by atoms with van der Waals surface area (Å²) in [7, 11) is 0. The van der Waals surface area contributed by atoms with Crippen molar-refractivity contribution in [1.29, 1.82) is 0 Å². The van der Waals surface area contributed by atoms with Gasteiger partial charge >= 0.3 is 0 Å². The van der Waals surface area contributed by atoms with Crippen LogP contribution in [0.5, 0.6) is 0 Å². The molecule has 0 spiro atoms. The molecule has 4 heteroatoms. The molecule has 2 nitrogen and oxygen atoms in total. The van der Waals surface area contributed by atoms with Crippen molar-refractivity contribution in [1.82, 2.24) is 5.32 Å². The summed E-state index contributed by atoms with van der Waals surface area (Å²) in [5.74, 6) is 2.15. The van der Waals surface area contributed by atoms with E-state index in [1.165, 1.54) is 0 Å². The van der Waals surface area contributed by atoms with E-state index in [1.807, 2.05) is 17.8 Å². The SMILES string of the molecule is CCCNC(C)c1c(F)cccc1N1CCSCC1C. The quantitative estimate of drug-likeness (QED) is 0.889. The Kier molecular flexibility index (Phi) is 5.73. The third-order valence-corrected chi connectivity index (χ3v) is 5.03. The van der Waals surface area contributed by atoms with E-state index in [0.29, 0.717) is 6.04 Å². The molecule has 1 saturated heterocycles. The van der Waals surface area contributed by atoms with Gasteiger partial charge in [-0.15, -0.1) is 0 Å². The molecule has 2 atom stereocenters. The highest BCUT2D eigenvalue weighted by atomic mass is 32.2. The number of halogens is 1. The largest absolute Gasteiger partial charge is 0.367 e. The van der Waals surface area contributed by atoms with E-state index in [2.05, 4.69) is 37.1 Å². The van der Waals surface area contributed by atoms with Crippen LogP contribution in [0.2, 0.25) is 0 Å². The summed E-state index contributed by atoms with van der Waals surface area (Å²) in [6.07, 6.45) is 1.06. The average Bonchev–Trinajstić information content (AvgIpc) is 2.45. The Bertz CT molecular complexity index is 438. The van der Waals surface area contributed by atoms with Crippen LogP contribution in [0.15, 0.2) is 18.2 Å². The normalized spacial score (nSPS) is 21.0. The van der Waals surface area contributed by atoms with Gasteiger partial charge in [-0.2, -0.15) is 11.8 Å². The van der Waals surface area contributed by atoms with Crippen LogP contribution in [-0.4, -0.2) is 30.6 Å². The van der Waals surface area contributed by atoms with Gasteiger partial charge in [0.2, 0.25) is 0 Å². The highest BCUT2D eigenvalue weighted by Crippen LogP contribution is 2.32. The van der Waals surface area contributed by atoms with E-state index in [9.17, 15) is 4.39 Å². The zero-order valence-electron chi connectivity index (χ0n) is 12.7. The predicted octanol–water partition coefficient (Wildman–Crippen LogP) is 3.83. The molecule has 1 fully saturated rings. The smallest absolute Gasteiger partial charge is 0.130 e. The molecule has 112 valence electrons. The molecule has 0 bridgehead atoms. The van der Waals surface area contributed by atoms with Crippen LogP contribution in [0.3, 0.4) is 0 Å². The Hall–Kier alpha value is -0.740. The molecule has 0 saturated carbocycles. The summed E-state index contributed by atoms with van der Waals surface area (Å²) in [6.45, 7) is 8.33. The van der Waals surface area contributed by atoms with Crippen molar-refractivity contribution in [3.05, 3.63) is 29.6 Å². The highest BCUT2D eigenvalue weighted by molar-refractivity contribution is 7.99. The van der Waals surface area contributed by atoms with Gasteiger partial charge in [0, 0.05) is 41.4 Å². The molecule has 0 aromatic heterocycles. The molecule has 1 aromatic carbocycles. The van der Waals surface area contributed by atoms with Crippen molar-refractivity contribution in [2.75, 3.05) is 29.5 Å². The van der Waals surface area contributed by atoms with E-state index in [-0.39, 0.29) is 11.9 Å². The summed E-state index contributed by atoms with van der Waals surface area (Å²) < 4.78 is 14.3. The third-order valence-electron chi connectivity index (χ3n) is 3.84. The lowest BCUT2D eigenvalue weighted by molar-refractivity contribution is 0.524. The van der Waals surface area contributed by atoms with Crippen molar-refractivity contribution in [3.63, 3.8) is 0 Å².